The lowest BCUT2D eigenvalue weighted by Gasteiger charge is -2.07. The number of anilines is 1. The Morgan fingerprint density at radius 3 is 2.54 bits per heavy atom. The van der Waals surface area contributed by atoms with Crippen molar-refractivity contribution in [2.24, 2.45) is 17.8 Å². The maximum Gasteiger partial charge on any atom is 0.193 e. The Bertz CT molecular complexity index is 868. The summed E-state index contributed by atoms with van der Waals surface area (Å²) < 4.78 is 1.80. The lowest BCUT2D eigenvalue weighted by atomic mass is 10.1. The van der Waals surface area contributed by atoms with Gasteiger partial charge in [0.05, 0.1) is 12.7 Å². The van der Waals surface area contributed by atoms with Gasteiger partial charge in [0.2, 0.25) is 0 Å². The normalized spacial score (nSPS) is 11.1. The molecule has 26 heavy (non-hydrogen) atoms. The molecular weight excluding hydrogens is 437 g/mol. The lowest BCUT2D eigenvalue weighted by Crippen LogP contribution is -2.22. The van der Waals surface area contributed by atoms with Gasteiger partial charge in [-0.15, -0.1) is 24.0 Å². The summed E-state index contributed by atoms with van der Waals surface area (Å²) in [5, 5.41) is 7.34. The van der Waals surface area contributed by atoms with E-state index in [0.717, 1.165) is 28.8 Å². The second-order valence-electron chi connectivity index (χ2n) is 5.98. The van der Waals surface area contributed by atoms with Gasteiger partial charge in [-0.1, -0.05) is 37.3 Å². The van der Waals surface area contributed by atoms with Crippen molar-refractivity contribution < 1.29 is 0 Å². The summed E-state index contributed by atoms with van der Waals surface area (Å²) in [6.45, 7) is 2.66. The van der Waals surface area contributed by atoms with Crippen molar-refractivity contribution in [1.82, 2.24) is 9.78 Å². The molecule has 0 saturated heterocycles. The zero-order valence-electron chi connectivity index (χ0n) is 15.0. The highest BCUT2D eigenvalue weighted by Gasteiger charge is 2.02. The number of aromatic nitrogens is 2. The minimum atomic E-state index is 0. The van der Waals surface area contributed by atoms with Crippen LogP contribution in [-0.2, 0) is 20.0 Å². The average molecular weight is 461 g/mol. The van der Waals surface area contributed by atoms with E-state index >= 15 is 0 Å². The molecule has 0 radical (unpaired) electrons. The molecule has 0 aliphatic heterocycles. The van der Waals surface area contributed by atoms with E-state index in [9.17, 15) is 0 Å². The second-order valence-corrected chi connectivity index (χ2v) is 5.98. The van der Waals surface area contributed by atoms with Crippen molar-refractivity contribution in [2.45, 2.75) is 19.9 Å². The van der Waals surface area contributed by atoms with Crippen molar-refractivity contribution in [3.05, 3.63) is 72.1 Å². The van der Waals surface area contributed by atoms with Crippen LogP contribution in [0.4, 0.5) is 5.69 Å². The number of rotatable bonds is 5. The maximum atomic E-state index is 6.00. The third-order valence-electron chi connectivity index (χ3n) is 4.03. The van der Waals surface area contributed by atoms with Crippen molar-refractivity contribution in [1.29, 1.82) is 0 Å². The first-order valence-electron chi connectivity index (χ1n) is 8.38. The van der Waals surface area contributed by atoms with Gasteiger partial charge < -0.3 is 11.1 Å². The van der Waals surface area contributed by atoms with Crippen molar-refractivity contribution in [3.63, 3.8) is 0 Å². The molecule has 3 rings (SSSR count). The molecule has 0 amide bonds. The van der Waals surface area contributed by atoms with Crippen molar-refractivity contribution in [3.8, 4) is 11.1 Å². The topological polar surface area (TPSA) is 68.2 Å². The quantitative estimate of drug-likeness (QED) is 0.340. The van der Waals surface area contributed by atoms with Gasteiger partial charge in [-0.05, 0) is 41.3 Å². The monoisotopic (exact) mass is 461 g/mol. The number of guanidine groups is 1. The molecule has 0 fully saturated rings. The fourth-order valence-electron chi connectivity index (χ4n) is 2.61. The molecule has 3 N–H and O–H groups in total. The van der Waals surface area contributed by atoms with E-state index in [1.165, 1.54) is 5.56 Å². The first kappa shape index (κ1) is 20.0. The molecule has 0 unspecified atom stereocenters. The summed E-state index contributed by atoms with van der Waals surface area (Å²) >= 11 is 0. The molecule has 0 bridgehead atoms. The highest BCUT2D eigenvalue weighted by Crippen LogP contribution is 2.20. The molecule has 136 valence electrons. The first-order chi connectivity index (χ1) is 12.1. The lowest BCUT2D eigenvalue weighted by molar-refractivity contribution is 0.768. The third kappa shape index (κ3) is 5.32. The van der Waals surface area contributed by atoms with E-state index in [1.807, 2.05) is 43.7 Å². The number of hydrogen-bond donors (Lipinski definition) is 2. The number of nitrogens with two attached hydrogens (primary N) is 1. The zero-order chi connectivity index (χ0) is 17.6. The van der Waals surface area contributed by atoms with E-state index in [4.69, 9.17) is 5.73 Å². The van der Waals surface area contributed by atoms with Crippen LogP contribution >= 0.6 is 24.0 Å². The largest absolute Gasteiger partial charge is 0.370 e. The average Bonchev–Trinajstić information content (AvgIpc) is 3.07. The molecule has 3 aromatic rings. The van der Waals surface area contributed by atoms with Gasteiger partial charge in [-0.2, -0.15) is 5.10 Å². The number of nitrogens with one attached hydrogen (secondary N) is 1. The number of aliphatic imine (C=N–C) groups is 1. The van der Waals surface area contributed by atoms with Crippen molar-refractivity contribution >= 4 is 35.6 Å². The zero-order valence-corrected chi connectivity index (χ0v) is 17.3. The molecule has 0 atom stereocenters. The van der Waals surface area contributed by atoms with E-state index in [-0.39, 0.29) is 24.0 Å². The summed E-state index contributed by atoms with van der Waals surface area (Å²) in [5.74, 6) is 0.413. The number of halogens is 1. The van der Waals surface area contributed by atoms with Crippen LogP contribution in [0.3, 0.4) is 0 Å². The molecule has 1 heterocycles. The summed E-state index contributed by atoms with van der Waals surface area (Å²) in [4.78, 5) is 4.43. The Morgan fingerprint density at radius 1 is 1.12 bits per heavy atom. The van der Waals surface area contributed by atoms with Gasteiger partial charge in [0, 0.05) is 24.5 Å². The second kappa shape index (κ2) is 9.38. The molecule has 2 aromatic carbocycles. The summed E-state index contributed by atoms with van der Waals surface area (Å²) in [6.07, 6.45) is 4.88. The number of benzene rings is 2. The first-order valence-corrected chi connectivity index (χ1v) is 8.38. The Balaban J connectivity index is 0.00000243. The smallest absolute Gasteiger partial charge is 0.193 e. The Kier molecular flexibility index (Phi) is 7.20. The highest BCUT2D eigenvalue weighted by molar-refractivity contribution is 14.0. The molecular formula is C20H24IN5. The van der Waals surface area contributed by atoms with Gasteiger partial charge in [0.25, 0.3) is 0 Å². The molecule has 0 aliphatic rings. The Labute approximate surface area is 171 Å². The predicted molar refractivity (Wildman–Crippen MR) is 119 cm³/mol. The molecule has 0 aliphatic carbocycles. The molecule has 0 saturated carbocycles. The Morgan fingerprint density at radius 2 is 1.88 bits per heavy atom. The minimum absolute atomic E-state index is 0. The predicted octanol–water partition coefficient (Wildman–Crippen LogP) is 4.19. The Hall–Kier alpha value is -2.35. The van der Waals surface area contributed by atoms with E-state index in [1.54, 1.807) is 4.68 Å². The molecule has 1 aromatic heterocycles. The SMILES string of the molecule is CCc1ccc(NC(N)=NCc2cccc(-c3cnn(C)c3)c2)cc1.I. The van der Waals surface area contributed by atoms with Crippen LogP contribution in [0.1, 0.15) is 18.1 Å². The highest BCUT2D eigenvalue weighted by atomic mass is 127. The van der Waals surface area contributed by atoms with Crippen LogP contribution in [0, 0.1) is 0 Å². The van der Waals surface area contributed by atoms with Crippen molar-refractivity contribution in [2.75, 3.05) is 5.32 Å². The van der Waals surface area contributed by atoms with Gasteiger partial charge in [0.1, 0.15) is 0 Å². The summed E-state index contributed by atoms with van der Waals surface area (Å²) in [6, 6.07) is 16.5. The van der Waals surface area contributed by atoms with Crippen LogP contribution in [0.15, 0.2) is 65.9 Å². The van der Waals surface area contributed by atoms with Gasteiger partial charge in [-0.3, -0.25) is 4.68 Å². The van der Waals surface area contributed by atoms with Gasteiger partial charge in [-0.25, -0.2) is 4.99 Å². The number of hydrogen-bond acceptors (Lipinski definition) is 2. The van der Waals surface area contributed by atoms with Crippen LogP contribution in [0.5, 0.6) is 0 Å². The fourth-order valence-corrected chi connectivity index (χ4v) is 2.61. The molecule has 0 spiro atoms. The van der Waals surface area contributed by atoms with Crippen LogP contribution in [0.25, 0.3) is 11.1 Å². The van der Waals surface area contributed by atoms with Gasteiger partial charge >= 0.3 is 0 Å². The van der Waals surface area contributed by atoms with E-state index in [0.29, 0.717) is 12.5 Å². The van der Waals surface area contributed by atoms with Crippen LogP contribution in [-0.4, -0.2) is 15.7 Å². The number of nitrogens with zero attached hydrogens (tertiary/aromatic N) is 3. The van der Waals surface area contributed by atoms with Crippen LogP contribution < -0.4 is 11.1 Å². The summed E-state index contributed by atoms with van der Waals surface area (Å²) in [5.41, 5.74) is 11.6. The number of aryl methyl sites for hydroxylation is 2. The third-order valence-corrected chi connectivity index (χ3v) is 4.03. The molecule has 5 nitrogen and oxygen atoms in total. The molecule has 6 heteroatoms. The summed E-state index contributed by atoms with van der Waals surface area (Å²) in [7, 11) is 1.91. The fraction of sp³-hybridized carbons (Fsp3) is 0.200. The van der Waals surface area contributed by atoms with E-state index < -0.39 is 0 Å². The van der Waals surface area contributed by atoms with Gasteiger partial charge in [0.15, 0.2) is 5.96 Å². The standard InChI is InChI=1S/C20H23N5.HI/c1-3-15-7-9-19(10-8-15)24-20(21)22-12-16-5-4-6-17(11-16)18-13-23-25(2)14-18;/h4-11,13-14H,3,12H2,1-2H3,(H3,21,22,24);1H. The van der Waals surface area contributed by atoms with Crippen LogP contribution in [0.2, 0.25) is 0 Å². The maximum absolute atomic E-state index is 6.00. The minimum Gasteiger partial charge on any atom is -0.370 e. The van der Waals surface area contributed by atoms with E-state index in [2.05, 4.69) is 46.6 Å².